The Hall–Kier alpha value is -2.73. The number of ether oxygens (including phenoxy) is 2. The smallest absolute Gasteiger partial charge is 0.410 e. The number of benzene rings is 2. The van der Waals surface area contributed by atoms with E-state index in [1.165, 1.54) is 6.07 Å². The minimum absolute atomic E-state index is 0.0591. The lowest BCUT2D eigenvalue weighted by Crippen LogP contribution is -2.60. The van der Waals surface area contributed by atoms with Gasteiger partial charge in [-0.3, -0.25) is 9.69 Å². The summed E-state index contributed by atoms with van der Waals surface area (Å²) >= 11 is 0. The topological polar surface area (TPSA) is 55.8 Å². The molecule has 0 spiro atoms. The van der Waals surface area contributed by atoms with Crippen LogP contribution in [0.5, 0.6) is 0 Å². The number of piperidine rings is 1. The summed E-state index contributed by atoms with van der Waals surface area (Å²) in [6.07, 6.45) is 0.609. The summed E-state index contributed by atoms with van der Waals surface area (Å²) < 4.78 is 25.0. The molecular formula is C23H24FNO4. The van der Waals surface area contributed by atoms with Crippen molar-refractivity contribution in [1.29, 1.82) is 0 Å². The van der Waals surface area contributed by atoms with Crippen molar-refractivity contribution in [2.75, 3.05) is 13.2 Å². The molecular weight excluding hydrogens is 373 g/mol. The quantitative estimate of drug-likeness (QED) is 0.728. The number of rotatable bonds is 4. The highest BCUT2D eigenvalue weighted by Gasteiger charge is 2.44. The maximum atomic E-state index is 13.9. The summed E-state index contributed by atoms with van der Waals surface area (Å²) in [5.41, 5.74) is 1.73. The van der Waals surface area contributed by atoms with Crippen molar-refractivity contribution in [2.24, 2.45) is 5.92 Å². The van der Waals surface area contributed by atoms with Crippen LogP contribution >= 0.6 is 0 Å². The van der Waals surface area contributed by atoms with Gasteiger partial charge in [-0.1, -0.05) is 42.5 Å². The number of fused-ring (bicyclic) bond motifs is 2. The number of nitrogens with zero attached hydrogens (tertiary/aromatic N) is 1. The summed E-state index contributed by atoms with van der Waals surface area (Å²) in [7, 11) is 0. The second-order valence-electron chi connectivity index (χ2n) is 7.74. The Morgan fingerprint density at radius 2 is 1.76 bits per heavy atom. The molecule has 0 aromatic heterocycles. The highest BCUT2D eigenvalue weighted by atomic mass is 19.1. The SMILES string of the molecule is Cc1c(F)cccc1C(=O)C1CC2COCC(C1)N2C(=O)OCc1ccccc1. The molecule has 2 bridgehead atoms. The predicted molar refractivity (Wildman–Crippen MR) is 105 cm³/mol. The Labute approximate surface area is 169 Å². The molecule has 2 atom stereocenters. The lowest BCUT2D eigenvalue weighted by atomic mass is 9.80. The summed E-state index contributed by atoms with van der Waals surface area (Å²) in [5, 5.41) is 0. The lowest BCUT2D eigenvalue weighted by molar-refractivity contribution is -0.0755. The first-order chi connectivity index (χ1) is 14.0. The fourth-order valence-electron chi connectivity index (χ4n) is 4.32. The molecule has 1 amide bonds. The van der Waals surface area contributed by atoms with E-state index in [0.717, 1.165) is 5.56 Å². The molecule has 0 N–H and O–H groups in total. The van der Waals surface area contributed by atoms with Gasteiger partial charge in [0.1, 0.15) is 12.4 Å². The van der Waals surface area contributed by atoms with Crippen LogP contribution in [0.25, 0.3) is 0 Å². The van der Waals surface area contributed by atoms with Crippen molar-refractivity contribution >= 4 is 11.9 Å². The van der Waals surface area contributed by atoms with E-state index in [-0.39, 0.29) is 42.3 Å². The zero-order valence-electron chi connectivity index (χ0n) is 16.3. The summed E-state index contributed by atoms with van der Waals surface area (Å²) in [5.74, 6) is -0.690. The lowest BCUT2D eigenvalue weighted by Gasteiger charge is -2.47. The van der Waals surface area contributed by atoms with E-state index in [1.54, 1.807) is 24.0 Å². The highest BCUT2D eigenvalue weighted by molar-refractivity contribution is 5.99. The molecule has 2 unspecified atom stereocenters. The van der Waals surface area contributed by atoms with E-state index in [9.17, 15) is 14.0 Å². The van der Waals surface area contributed by atoms with Gasteiger partial charge >= 0.3 is 6.09 Å². The van der Waals surface area contributed by atoms with Crippen LogP contribution in [0, 0.1) is 18.7 Å². The van der Waals surface area contributed by atoms with Gasteiger partial charge in [0, 0.05) is 11.5 Å². The van der Waals surface area contributed by atoms with Gasteiger partial charge in [0.2, 0.25) is 0 Å². The van der Waals surface area contributed by atoms with Crippen LogP contribution in [0.4, 0.5) is 9.18 Å². The Kier molecular flexibility index (Phi) is 5.62. The van der Waals surface area contributed by atoms with E-state index >= 15 is 0 Å². The molecule has 152 valence electrons. The molecule has 2 aromatic rings. The van der Waals surface area contributed by atoms with Gasteiger partial charge in [0.15, 0.2) is 5.78 Å². The van der Waals surface area contributed by atoms with Gasteiger partial charge in [-0.2, -0.15) is 0 Å². The standard InChI is InChI=1S/C23H24FNO4/c1-15-20(8-5-9-21(15)24)22(26)17-10-18-13-28-14-19(11-17)25(18)23(27)29-12-16-6-3-2-4-7-16/h2-9,17-19H,10-14H2,1H3. The van der Waals surface area contributed by atoms with Crippen LogP contribution in [-0.4, -0.2) is 42.1 Å². The Morgan fingerprint density at radius 1 is 1.07 bits per heavy atom. The van der Waals surface area contributed by atoms with Crippen LogP contribution in [-0.2, 0) is 16.1 Å². The third-order valence-corrected chi connectivity index (χ3v) is 5.84. The van der Waals surface area contributed by atoms with Crippen molar-refractivity contribution in [3.05, 3.63) is 71.0 Å². The second-order valence-corrected chi connectivity index (χ2v) is 7.74. The minimum Gasteiger partial charge on any atom is -0.445 e. The number of ketones is 1. The fourth-order valence-corrected chi connectivity index (χ4v) is 4.32. The minimum atomic E-state index is -0.375. The summed E-state index contributed by atoms with van der Waals surface area (Å²) in [6, 6.07) is 13.7. The number of morpholine rings is 1. The van der Waals surface area contributed by atoms with E-state index in [1.807, 2.05) is 30.3 Å². The molecule has 2 aromatic carbocycles. The van der Waals surface area contributed by atoms with Gasteiger partial charge in [0.05, 0.1) is 25.3 Å². The second kappa shape index (κ2) is 8.33. The maximum Gasteiger partial charge on any atom is 0.410 e. The Morgan fingerprint density at radius 3 is 2.45 bits per heavy atom. The van der Waals surface area contributed by atoms with Gasteiger partial charge in [-0.05, 0) is 37.0 Å². The number of carbonyl (C=O) groups excluding carboxylic acids is 2. The molecule has 0 radical (unpaired) electrons. The van der Waals surface area contributed by atoms with Crippen molar-refractivity contribution in [2.45, 2.75) is 38.5 Å². The van der Waals surface area contributed by atoms with Crippen molar-refractivity contribution in [3.8, 4) is 0 Å². The van der Waals surface area contributed by atoms with Gasteiger partial charge in [-0.15, -0.1) is 0 Å². The van der Waals surface area contributed by atoms with E-state index < -0.39 is 0 Å². The average molecular weight is 397 g/mol. The Bertz CT molecular complexity index is 887. The molecule has 0 saturated carbocycles. The van der Waals surface area contributed by atoms with Crippen LogP contribution in [0.3, 0.4) is 0 Å². The van der Waals surface area contributed by atoms with Crippen LogP contribution < -0.4 is 0 Å². The number of halogens is 1. The summed E-state index contributed by atoms with van der Waals surface area (Å²) in [6.45, 7) is 2.59. The fraction of sp³-hybridized carbons (Fsp3) is 0.391. The zero-order chi connectivity index (χ0) is 20.4. The average Bonchev–Trinajstić information content (AvgIpc) is 2.73. The first-order valence-electron chi connectivity index (χ1n) is 9.90. The van der Waals surface area contributed by atoms with Crippen molar-refractivity contribution < 1.29 is 23.5 Å². The Balaban J connectivity index is 1.45. The molecule has 29 heavy (non-hydrogen) atoms. The molecule has 4 rings (SSSR count). The molecule has 2 heterocycles. The van der Waals surface area contributed by atoms with Gasteiger partial charge in [-0.25, -0.2) is 9.18 Å². The molecule has 2 saturated heterocycles. The molecule has 0 aliphatic carbocycles. The number of carbonyl (C=O) groups is 2. The van der Waals surface area contributed by atoms with Crippen LogP contribution in [0.2, 0.25) is 0 Å². The highest BCUT2D eigenvalue weighted by Crippen LogP contribution is 2.34. The number of Topliss-reactive ketones (excluding diaryl/α,β-unsaturated/α-hetero) is 1. The van der Waals surface area contributed by atoms with Crippen LogP contribution in [0.15, 0.2) is 48.5 Å². The van der Waals surface area contributed by atoms with Crippen LogP contribution in [0.1, 0.15) is 34.3 Å². The van der Waals surface area contributed by atoms with Gasteiger partial charge in [0.25, 0.3) is 0 Å². The first-order valence-corrected chi connectivity index (χ1v) is 9.90. The van der Waals surface area contributed by atoms with E-state index in [2.05, 4.69) is 0 Å². The molecule has 2 aliphatic rings. The normalized spacial score (nSPS) is 23.5. The molecule has 2 fully saturated rings. The number of hydrogen-bond donors (Lipinski definition) is 0. The zero-order valence-corrected chi connectivity index (χ0v) is 16.3. The molecule has 5 nitrogen and oxygen atoms in total. The van der Waals surface area contributed by atoms with Crippen molar-refractivity contribution in [1.82, 2.24) is 4.90 Å². The molecule has 6 heteroatoms. The third kappa shape index (κ3) is 4.03. The van der Waals surface area contributed by atoms with E-state index in [0.29, 0.717) is 37.2 Å². The maximum absolute atomic E-state index is 13.9. The van der Waals surface area contributed by atoms with Gasteiger partial charge < -0.3 is 9.47 Å². The van der Waals surface area contributed by atoms with Crippen molar-refractivity contribution in [3.63, 3.8) is 0 Å². The predicted octanol–water partition coefficient (Wildman–Crippen LogP) is 4.13. The monoisotopic (exact) mass is 397 g/mol. The number of amides is 1. The summed E-state index contributed by atoms with van der Waals surface area (Å²) in [4.78, 5) is 27.5. The first kappa shape index (κ1) is 19.6. The molecule has 2 aliphatic heterocycles. The third-order valence-electron chi connectivity index (χ3n) is 5.84. The number of hydrogen-bond acceptors (Lipinski definition) is 4. The van der Waals surface area contributed by atoms with E-state index in [4.69, 9.17) is 9.47 Å². The largest absolute Gasteiger partial charge is 0.445 e.